The lowest BCUT2D eigenvalue weighted by molar-refractivity contribution is 0.252. The van der Waals surface area contributed by atoms with E-state index >= 15 is 0 Å². The van der Waals surface area contributed by atoms with Gasteiger partial charge in [0.1, 0.15) is 0 Å². The quantitative estimate of drug-likeness (QED) is 0.856. The first kappa shape index (κ1) is 14.4. The molecule has 0 aliphatic carbocycles. The Kier molecular flexibility index (Phi) is 4.42. The van der Waals surface area contributed by atoms with Crippen LogP contribution in [0, 0.1) is 0 Å². The third kappa shape index (κ3) is 3.55. The molecule has 0 radical (unpaired) electrons. The van der Waals surface area contributed by atoms with Gasteiger partial charge in [-0.05, 0) is 61.4 Å². The molecule has 1 aliphatic rings. The van der Waals surface area contributed by atoms with Crippen LogP contribution in [0.25, 0.3) is 10.8 Å². The molecule has 1 heterocycles. The maximum absolute atomic E-state index is 6.22. The van der Waals surface area contributed by atoms with Gasteiger partial charge in [0.15, 0.2) is 0 Å². The molecule has 1 aliphatic heterocycles. The molecule has 1 saturated heterocycles. The summed E-state index contributed by atoms with van der Waals surface area (Å²) in [6, 6.07) is 12.7. The molecule has 0 spiro atoms. The first-order valence-electron chi connectivity index (χ1n) is 7.90. The highest BCUT2D eigenvalue weighted by Gasteiger charge is 2.12. The maximum Gasteiger partial charge on any atom is 0.0366 e. The van der Waals surface area contributed by atoms with Crippen LogP contribution in [0.3, 0.4) is 0 Å². The van der Waals surface area contributed by atoms with E-state index in [2.05, 4.69) is 53.2 Å². The third-order valence-electron chi connectivity index (χ3n) is 4.44. The van der Waals surface area contributed by atoms with Crippen LogP contribution < -0.4 is 5.73 Å². The van der Waals surface area contributed by atoms with Crippen LogP contribution in [0.1, 0.15) is 18.4 Å². The van der Waals surface area contributed by atoms with Crippen molar-refractivity contribution in [3.8, 4) is 0 Å². The Morgan fingerprint density at radius 1 is 1.10 bits per heavy atom. The summed E-state index contributed by atoms with van der Waals surface area (Å²) in [5.41, 5.74) is 8.35. The molecule has 2 aromatic carbocycles. The first-order chi connectivity index (χ1) is 10.2. The molecule has 3 heteroatoms. The summed E-state index contributed by atoms with van der Waals surface area (Å²) in [6.45, 7) is 5.73. The lowest BCUT2D eigenvalue weighted by Gasteiger charge is -2.22. The summed E-state index contributed by atoms with van der Waals surface area (Å²) in [4.78, 5) is 4.93. The van der Waals surface area contributed by atoms with E-state index in [1.807, 2.05) is 0 Å². The number of anilines is 1. The van der Waals surface area contributed by atoms with Gasteiger partial charge in [0.05, 0.1) is 0 Å². The van der Waals surface area contributed by atoms with Crippen molar-refractivity contribution >= 4 is 16.5 Å². The van der Waals surface area contributed by atoms with Crippen LogP contribution in [-0.2, 0) is 6.54 Å². The number of benzene rings is 2. The highest BCUT2D eigenvalue weighted by atomic mass is 15.2. The smallest absolute Gasteiger partial charge is 0.0366 e. The molecule has 3 nitrogen and oxygen atoms in total. The molecule has 2 N–H and O–H groups in total. The van der Waals surface area contributed by atoms with Crippen molar-refractivity contribution in [3.63, 3.8) is 0 Å². The van der Waals surface area contributed by atoms with E-state index in [9.17, 15) is 0 Å². The fourth-order valence-corrected chi connectivity index (χ4v) is 3.13. The van der Waals surface area contributed by atoms with Gasteiger partial charge in [-0.25, -0.2) is 0 Å². The van der Waals surface area contributed by atoms with Crippen molar-refractivity contribution in [1.82, 2.24) is 9.80 Å². The van der Waals surface area contributed by atoms with Crippen molar-refractivity contribution in [3.05, 3.63) is 42.0 Å². The number of rotatable bonds is 5. The monoisotopic (exact) mass is 283 g/mol. The largest absolute Gasteiger partial charge is 0.398 e. The summed E-state index contributed by atoms with van der Waals surface area (Å²) in [6.07, 6.45) is 2.72. The van der Waals surface area contributed by atoms with Gasteiger partial charge in [-0.2, -0.15) is 0 Å². The SMILES string of the molecule is CN(CCN1CCCC1)Cc1cc2ccccc2cc1N. The number of likely N-dealkylation sites (tertiary alicyclic amines) is 1. The van der Waals surface area contributed by atoms with Crippen LogP contribution in [-0.4, -0.2) is 43.0 Å². The van der Waals surface area contributed by atoms with Gasteiger partial charge < -0.3 is 15.5 Å². The Morgan fingerprint density at radius 2 is 1.76 bits per heavy atom. The standard InChI is InChI=1S/C18H25N3/c1-20(10-11-21-8-4-5-9-21)14-17-12-15-6-2-3-7-16(15)13-18(17)19/h2-3,6-7,12-13H,4-5,8-11,14,19H2,1H3. The Morgan fingerprint density at radius 3 is 2.48 bits per heavy atom. The number of fused-ring (bicyclic) bond motifs is 1. The summed E-state index contributed by atoms with van der Waals surface area (Å²) in [5, 5.41) is 2.49. The van der Waals surface area contributed by atoms with Gasteiger partial charge in [-0.3, -0.25) is 0 Å². The number of nitrogens with two attached hydrogens (primary N) is 1. The van der Waals surface area contributed by atoms with Crippen LogP contribution in [0.2, 0.25) is 0 Å². The number of hydrogen-bond acceptors (Lipinski definition) is 3. The molecule has 1 fully saturated rings. The first-order valence-corrected chi connectivity index (χ1v) is 7.90. The maximum atomic E-state index is 6.22. The van der Waals surface area contributed by atoms with Gasteiger partial charge >= 0.3 is 0 Å². The van der Waals surface area contributed by atoms with E-state index < -0.39 is 0 Å². The minimum atomic E-state index is 0.904. The molecular weight excluding hydrogens is 258 g/mol. The summed E-state index contributed by atoms with van der Waals surface area (Å²) >= 11 is 0. The molecule has 112 valence electrons. The molecule has 0 amide bonds. The number of nitrogen functional groups attached to an aromatic ring is 1. The lowest BCUT2D eigenvalue weighted by Crippen LogP contribution is -2.31. The molecule has 2 aromatic rings. The van der Waals surface area contributed by atoms with Gasteiger partial charge in [-0.1, -0.05) is 24.3 Å². The van der Waals surface area contributed by atoms with Crippen LogP contribution in [0.15, 0.2) is 36.4 Å². The van der Waals surface area contributed by atoms with Crippen molar-refractivity contribution < 1.29 is 0 Å². The molecular formula is C18H25N3. The van der Waals surface area contributed by atoms with Crippen molar-refractivity contribution in [1.29, 1.82) is 0 Å². The number of hydrogen-bond donors (Lipinski definition) is 1. The Bertz CT molecular complexity index is 602. The number of likely N-dealkylation sites (N-methyl/N-ethyl adjacent to an activating group) is 1. The van der Waals surface area contributed by atoms with Gasteiger partial charge in [-0.15, -0.1) is 0 Å². The highest BCUT2D eigenvalue weighted by Crippen LogP contribution is 2.22. The summed E-state index contributed by atoms with van der Waals surface area (Å²) in [7, 11) is 2.19. The van der Waals surface area contributed by atoms with Crippen LogP contribution in [0.4, 0.5) is 5.69 Å². The summed E-state index contributed by atoms with van der Waals surface area (Å²) in [5.74, 6) is 0. The minimum Gasteiger partial charge on any atom is -0.398 e. The zero-order valence-corrected chi connectivity index (χ0v) is 12.9. The van der Waals surface area contributed by atoms with Gasteiger partial charge in [0, 0.05) is 25.3 Å². The fourth-order valence-electron chi connectivity index (χ4n) is 3.13. The fraction of sp³-hybridized carbons (Fsp3) is 0.444. The van der Waals surface area contributed by atoms with Crippen molar-refractivity contribution in [2.45, 2.75) is 19.4 Å². The van der Waals surface area contributed by atoms with E-state index in [-0.39, 0.29) is 0 Å². The second-order valence-corrected chi connectivity index (χ2v) is 6.18. The zero-order valence-electron chi connectivity index (χ0n) is 12.9. The summed E-state index contributed by atoms with van der Waals surface area (Å²) < 4.78 is 0. The predicted molar refractivity (Wildman–Crippen MR) is 90.4 cm³/mol. The molecule has 0 bridgehead atoms. The zero-order chi connectivity index (χ0) is 14.7. The molecule has 0 atom stereocenters. The van der Waals surface area contributed by atoms with Crippen LogP contribution >= 0.6 is 0 Å². The van der Waals surface area contributed by atoms with Gasteiger partial charge in [0.2, 0.25) is 0 Å². The molecule has 0 saturated carbocycles. The second-order valence-electron chi connectivity index (χ2n) is 6.18. The normalized spacial score (nSPS) is 16.1. The van der Waals surface area contributed by atoms with E-state index in [0.29, 0.717) is 0 Å². The second kappa shape index (κ2) is 6.46. The lowest BCUT2D eigenvalue weighted by atomic mass is 10.0. The van der Waals surface area contributed by atoms with E-state index in [1.165, 1.54) is 48.8 Å². The predicted octanol–water partition coefficient (Wildman–Crippen LogP) is 2.95. The molecule has 21 heavy (non-hydrogen) atoms. The Labute approximate surface area is 127 Å². The van der Waals surface area contributed by atoms with Crippen molar-refractivity contribution in [2.75, 3.05) is 39.0 Å². The van der Waals surface area contributed by atoms with E-state index in [1.54, 1.807) is 0 Å². The van der Waals surface area contributed by atoms with Gasteiger partial charge in [0.25, 0.3) is 0 Å². The van der Waals surface area contributed by atoms with E-state index in [4.69, 9.17) is 5.73 Å². The van der Waals surface area contributed by atoms with E-state index in [0.717, 1.165) is 18.8 Å². The van der Waals surface area contributed by atoms with Crippen LogP contribution in [0.5, 0.6) is 0 Å². The average molecular weight is 283 g/mol. The minimum absolute atomic E-state index is 0.904. The Hall–Kier alpha value is -1.58. The number of nitrogens with zero attached hydrogens (tertiary/aromatic N) is 2. The molecule has 3 rings (SSSR count). The topological polar surface area (TPSA) is 32.5 Å². The average Bonchev–Trinajstić information content (AvgIpc) is 2.99. The Balaban J connectivity index is 1.64. The highest BCUT2D eigenvalue weighted by molar-refractivity contribution is 5.86. The van der Waals surface area contributed by atoms with Crippen molar-refractivity contribution in [2.24, 2.45) is 0 Å². The molecule has 0 aromatic heterocycles. The third-order valence-corrected chi connectivity index (χ3v) is 4.44. The molecule has 0 unspecified atom stereocenters.